The summed E-state index contributed by atoms with van der Waals surface area (Å²) in [5.41, 5.74) is 2.56. The number of hydrogen-bond donors (Lipinski definition) is 0. The number of benzene rings is 3. The minimum atomic E-state index is -0.310. The minimum absolute atomic E-state index is 0.0676. The lowest BCUT2D eigenvalue weighted by Gasteiger charge is -2.17. The smallest absolute Gasteiger partial charge is 0.170 e. The molecule has 0 radical (unpaired) electrons. The molecule has 120 valence electrons. The average Bonchev–Trinajstić information content (AvgIpc) is 2.62. The highest BCUT2D eigenvalue weighted by Gasteiger charge is 2.23. The summed E-state index contributed by atoms with van der Waals surface area (Å²) in [6.07, 6.45) is 0.513. The highest BCUT2D eigenvalue weighted by atomic mass is 79.9. The molecule has 0 saturated carbocycles. The second-order valence-electron chi connectivity index (χ2n) is 5.63. The van der Waals surface area contributed by atoms with Gasteiger partial charge in [-0.2, -0.15) is 0 Å². The summed E-state index contributed by atoms with van der Waals surface area (Å²) in [6.45, 7) is 0. The van der Waals surface area contributed by atoms with Gasteiger partial charge in [0, 0.05) is 10.0 Å². The van der Waals surface area contributed by atoms with Crippen LogP contribution in [-0.2, 0) is 6.42 Å². The van der Waals surface area contributed by atoms with Gasteiger partial charge in [0.2, 0.25) is 0 Å². The van der Waals surface area contributed by atoms with Crippen LogP contribution in [0.25, 0.3) is 0 Å². The summed E-state index contributed by atoms with van der Waals surface area (Å²) < 4.78 is 14.0. The van der Waals surface area contributed by atoms with Crippen LogP contribution >= 0.6 is 15.9 Å². The van der Waals surface area contributed by atoms with Crippen molar-refractivity contribution in [3.05, 3.63) is 106 Å². The van der Waals surface area contributed by atoms with Crippen molar-refractivity contribution in [2.75, 3.05) is 0 Å². The van der Waals surface area contributed by atoms with Gasteiger partial charge in [-0.3, -0.25) is 4.79 Å². The van der Waals surface area contributed by atoms with Crippen LogP contribution in [-0.4, -0.2) is 5.78 Å². The largest absolute Gasteiger partial charge is 0.293 e. The zero-order valence-corrected chi connectivity index (χ0v) is 14.5. The molecule has 3 heteroatoms. The van der Waals surface area contributed by atoms with Crippen molar-refractivity contribution in [3.8, 4) is 0 Å². The predicted molar refractivity (Wildman–Crippen MR) is 97.8 cm³/mol. The van der Waals surface area contributed by atoms with Gasteiger partial charge in [0.1, 0.15) is 5.82 Å². The maximum Gasteiger partial charge on any atom is 0.170 e. The van der Waals surface area contributed by atoms with E-state index in [-0.39, 0.29) is 17.5 Å². The summed E-state index contributed by atoms with van der Waals surface area (Å²) in [7, 11) is 0. The van der Waals surface area contributed by atoms with Crippen molar-refractivity contribution in [1.82, 2.24) is 0 Å². The van der Waals surface area contributed by atoms with Gasteiger partial charge in [-0.05, 0) is 29.7 Å². The molecule has 3 aromatic carbocycles. The van der Waals surface area contributed by atoms with Crippen molar-refractivity contribution in [2.24, 2.45) is 0 Å². The van der Waals surface area contributed by atoms with Gasteiger partial charge < -0.3 is 0 Å². The Morgan fingerprint density at radius 1 is 0.917 bits per heavy atom. The number of Topliss-reactive ketones (excluding diaryl/α,β-unsaturated/α-hetero) is 1. The molecule has 0 bridgehead atoms. The van der Waals surface area contributed by atoms with E-state index in [1.54, 1.807) is 6.07 Å². The van der Waals surface area contributed by atoms with E-state index in [4.69, 9.17) is 0 Å². The minimum Gasteiger partial charge on any atom is -0.293 e. The first-order valence-electron chi connectivity index (χ1n) is 7.73. The summed E-state index contributed by atoms with van der Waals surface area (Å²) >= 11 is 3.40. The second-order valence-corrected chi connectivity index (χ2v) is 6.49. The third-order valence-electron chi connectivity index (χ3n) is 4.02. The molecule has 0 aliphatic carbocycles. The standard InChI is InChI=1S/C21H16BrFO/c22-20-14-18(23)12-11-17(20)13-19(15-7-3-1-4-8-15)21(24)16-9-5-2-6-10-16/h1-12,14,19H,13H2. The average molecular weight is 383 g/mol. The first-order valence-corrected chi connectivity index (χ1v) is 8.52. The number of carbonyl (C=O) groups excluding carboxylic acids is 1. The molecule has 0 saturated heterocycles. The lowest BCUT2D eigenvalue weighted by molar-refractivity contribution is 0.0959. The van der Waals surface area contributed by atoms with Crippen LogP contribution in [0.1, 0.15) is 27.4 Å². The van der Waals surface area contributed by atoms with E-state index >= 15 is 0 Å². The Labute approximate surface area is 149 Å². The maximum absolute atomic E-state index is 13.3. The molecule has 0 aromatic heterocycles. The molecule has 0 N–H and O–H groups in total. The molecule has 3 rings (SSSR count). The van der Waals surface area contributed by atoms with Gasteiger partial charge in [0.05, 0.1) is 5.92 Å². The lowest BCUT2D eigenvalue weighted by atomic mass is 9.85. The SMILES string of the molecule is O=C(c1ccccc1)C(Cc1ccc(F)cc1Br)c1ccccc1. The van der Waals surface area contributed by atoms with Gasteiger partial charge in [-0.15, -0.1) is 0 Å². The van der Waals surface area contributed by atoms with E-state index in [0.717, 1.165) is 11.1 Å². The molecule has 1 unspecified atom stereocenters. The van der Waals surface area contributed by atoms with Crippen LogP contribution in [0.5, 0.6) is 0 Å². The van der Waals surface area contributed by atoms with E-state index in [2.05, 4.69) is 15.9 Å². The Morgan fingerprint density at radius 2 is 1.54 bits per heavy atom. The first-order chi connectivity index (χ1) is 11.6. The molecule has 1 atom stereocenters. The summed E-state index contributed by atoms with van der Waals surface area (Å²) in [4.78, 5) is 13.0. The molecule has 0 aliphatic rings. The zero-order chi connectivity index (χ0) is 16.9. The van der Waals surface area contributed by atoms with E-state index in [1.807, 2.05) is 60.7 Å². The Hall–Kier alpha value is -2.26. The highest BCUT2D eigenvalue weighted by Crippen LogP contribution is 2.29. The van der Waals surface area contributed by atoms with E-state index in [0.29, 0.717) is 16.5 Å². The molecule has 3 aromatic rings. The summed E-state index contributed by atoms with van der Waals surface area (Å²) in [5.74, 6) is -0.537. The van der Waals surface area contributed by atoms with Gasteiger partial charge in [-0.1, -0.05) is 82.7 Å². The van der Waals surface area contributed by atoms with Crippen LogP contribution in [0.4, 0.5) is 4.39 Å². The third kappa shape index (κ3) is 3.80. The molecular weight excluding hydrogens is 367 g/mol. The fourth-order valence-electron chi connectivity index (χ4n) is 2.76. The number of carbonyl (C=O) groups is 1. The van der Waals surface area contributed by atoms with E-state index in [9.17, 15) is 9.18 Å². The van der Waals surface area contributed by atoms with Crippen molar-refractivity contribution >= 4 is 21.7 Å². The monoisotopic (exact) mass is 382 g/mol. The van der Waals surface area contributed by atoms with E-state index < -0.39 is 0 Å². The molecule has 0 heterocycles. The molecule has 0 spiro atoms. The lowest BCUT2D eigenvalue weighted by Crippen LogP contribution is -2.16. The van der Waals surface area contributed by atoms with Gasteiger partial charge >= 0.3 is 0 Å². The number of halogens is 2. The van der Waals surface area contributed by atoms with Crippen LogP contribution in [0, 0.1) is 5.82 Å². The number of ketones is 1. The van der Waals surface area contributed by atoms with Gasteiger partial charge in [0.15, 0.2) is 5.78 Å². The van der Waals surface area contributed by atoms with Crippen LogP contribution in [0.2, 0.25) is 0 Å². The van der Waals surface area contributed by atoms with Crippen molar-refractivity contribution in [2.45, 2.75) is 12.3 Å². The normalized spacial score (nSPS) is 11.9. The van der Waals surface area contributed by atoms with Crippen molar-refractivity contribution in [3.63, 3.8) is 0 Å². The van der Waals surface area contributed by atoms with Crippen LogP contribution < -0.4 is 0 Å². The Morgan fingerprint density at radius 3 is 2.17 bits per heavy atom. The van der Waals surface area contributed by atoms with E-state index in [1.165, 1.54) is 12.1 Å². The Balaban J connectivity index is 1.98. The van der Waals surface area contributed by atoms with Crippen LogP contribution in [0.3, 0.4) is 0 Å². The molecule has 0 aliphatic heterocycles. The molecule has 0 fully saturated rings. The van der Waals surface area contributed by atoms with Crippen LogP contribution in [0.15, 0.2) is 83.3 Å². The summed E-state index contributed by atoms with van der Waals surface area (Å²) in [5, 5.41) is 0. The Bertz CT molecular complexity index is 831. The predicted octanol–water partition coefficient (Wildman–Crippen LogP) is 5.80. The topological polar surface area (TPSA) is 17.1 Å². The van der Waals surface area contributed by atoms with Crippen molar-refractivity contribution < 1.29 is 9.18 Å². The first kappa shape index (κ1) is 16.6. The van der Waals surface area contributed by atoms with Gasteiger partial charge in [0.25, 0.3) is 0 Å². The second kappa shape index (κ2) is 7.54. The molecule has 1 nitrogen and oxygen atoms in total. The number of hydrogen-bond acceptors (Lipinski definition) is 1. The molecular formula is C21H16BrFO. The third-order valence-corrected chi connectivity index (χ3v) is 4.75. The fraction of sp³-hybridized carbons (Fsp3) is 0.0952. The maximum atomic E-state index is 13.3. The van der Waals surface area contributed by atoms with Gasteiger partial charge in [-0.25, -0.2) is 4.39 Å². The zero-order valence-electron chi connectivity index (χ0n) is 13.0. The summed E-state index contributed by atoms with van der Waals surface area (Å²) in [6, 6.07) is 23.6. The molecule has 24 heavy (non-hydrogen) atoms. The Kier molecular flexibility index (Phi) is 5.21. The van der Waals surface area contributed by atoms with Crippen molar-refractivity contribution in [1.29, 1.82) is 0 Å². The number of rotatable bonds is 5. The molecule has 0 amide bonds. The highest BCUT2D eigenvalue weighted by molar-refractivity contribution is 9.10. The fourth-order valence-corrected chi connectivity index (χ4v) is 3.27. The quantitative estimate of drug-likeness (QED) is 0.509.